The Morgan fingerprint density at radius 1 is 1.35 bits per heavy atom. The van der Waals surface area contributed by atoms with E-state index >= 15 is 0 Å². The molecule has 0 bridgehead atoms. The van der Waals surface area contributed by atoms with Gasteiger partial charge in [0, 0.05) is 25.3 Å². The van der Waals surface area contributed by atoms with Gasteiger partial charge >= 0.3 is 0 Å². The van der Waals surface area contributed by atoms with Crippen LogP contribution < -0.4 is 5.73 Å². The van der Waals surface area contributed by atoms with E-state index in [0.717, 1.165) is 31.7 Å². The molecule has 1 rings (SSSR count). The Bertz CT molecular complexity index is 225. The Kier molecular flexibility index (Phi) is 6.97. The van der Waals surface area contributed by atoms with E-state index in [2.05, 4.69) is 13.8 Å². The highest BCUT2D eigenvalue weighted by molar-refractivity contribution is 7.99. The maximum Gasteiger partial charge on any atom is 0.222 e. The summed E-state index contributed by atoms with van der Waals surface area (Å²) in [6.45, 7) is 6.87. The molecule has 1 aliphatic heterocycles. The summed E-state index contributed by atoms with van der Waals surface area (Å²) in [6, 6.07) is 0. The fourth-order valence-corrected chi connectivity index (χ4v) is 3.19. The Balaban J connectivity index is 2.39. The third-order valence-electron chi connectivity index (χ3n) is 3.18. The van der Waals surface area contributed by atoms with Gasteiger partial charge in [0.05, 0.1) is 0 Å². The molecule has 0 saturated carbocycles. The Hall–Kier alpha value is -0.220. The molecule has 0 aromatic carbocycles. The quantitative estimate of drug-likeness (QED) is 0.820. The first kappa shape index (κ1) is 14.8. The average Bonchev–Trinajstić information content (AvgIpc) is 2.55. The fourth-order valence-electron chi connectivity index (χ4n) is 2.30. The summed E-state index contributed by atoms with van der Waals surface area (Å²) in [5, 5.41) is 0. The number of nitrogens with zero attached hydrogens (tertiary/aromatic N) is 1. The Morgan fingerprint density at radius 3 is 2.76 bits per heavy atom. The summed E-state index contributed by atoms with van der Waals surface area (Å²) in [4.78, 5) is 14.2. The van der Waals surface area contributed by atoms with E-state index in [1.807, 2.05) is 16.7 Å². The Labute approximate surface area is 109 Å². The predicted molar refractivity (Wildman–Crippen MR) is 75.1 cm³/mol. The number of hydrogen-bond donors (Lipinski definition) is 1. The van der Waals surface area contributed by atoms with Crippen LogP contribution in [-0.2, 0) is 4.79 Å². The van der Waals surface area contributed by atoms with Crippen LogP contribution in [0.1, 0.15) is 33.1 Å². The summed E-state index contributed by atoms with van der Waals surface area (Å²) in [6.07, 6.45) is 2.83. The van der Waals surface area contributed by atoms with E-state index in [-0.39, 0.29) is 0 Å². The Morgan fingerprint density at radius 2 is 2.12 bits per heavy atom. The average molecular weight is 258 g/mol. The lowest BCUT2D eigenvalue weighted by atomic mass is 9.94. The van der Waals surface area contributed by atoms with E-state index < -0.39 is 0 Å². The van der Waals surface area contributed by atoms with E-state index in [0.29, 0.717) is 30.7 Å². The zero-order valence-corrected chi connectivity index (χ0v) is 12.0. The smallest absolute Gasteiger partial charge is 0.222 e. The number of thioether (sulfide) groups is 1. The fraction of sp³-hybridized carbons (Fsp3) is 0.923. The summed E-state index contributed by atoms with van der Waals surface area (Å²) >= 11 is 1.95. The van der Waals surface area contributed by atoms with Crippen molar-refractivity contribution in [3.63, 3.8) is 0 Å². The topological polar surface area (TPSA) is 46.3 Å². The molecule has 1 saturated heterocycles. The minimum absolute atomic E-state index is 0.309. The minimum atomic E-state index is 0.309. The molecule has 1 amide bonds. The molecule has 100 valence electrons. The SMILES string of the molecule is CC(C)CC(CN)CC(=O)N1CCCSCC1. The predicted octanol–water partition coefficient (Wildman–Crippen LogP) is 1.96. The van der Waals surface area contributed by atoms with Gasteiger partial charge in [0.2, 0.25) is 5.91 Å². The number of amides is 1. The molecule has 1 aliphatic rings. The standard InChI is InChI=1S/C13H26N2OS/c1-11(2)8-12(10-14)9-13(16)15-4-3-6-17-7-5-15/h11-12H,3-10,14H2,1-2H3. The zero-order valence-electron chi connectivity index (χ0n) is 11.2. The second kappa shape index (κ2) is 7.98. The van der Waals surface area contributed by atoms with Crippen LogP contribution in [0.5, 0.6) is 0 Å². The number of carbonyl (C=O) groups is 1. The van der Waals surface area contributed by atoms with E-state index in [1.165, 1.54) is 5.75 Å². The first-order chi connectivity index (χ1) is 8.13. The monoisotopic (exact) mass is 258 g/mol. The van der Waals surface area contributed by atoms with E-state index in [9.17, 15) is 4.79 Å². The molecule has 1 fully saturated rings. The number of rotatable bonds is 5. The summed E-state index contributed by atoms with van der Waals surface area (Å²) in [5.41, 5.74) is 5.75. The molecule has 0 aromatic rings. The highest BCUT2D eigenvalue weighted by Gasteiger charge is 2.20. The van der Waals surface area contributed by atoms with Crippen molar-refractivity contribution in [2.45, 2.75) is 33.1 Å². The molecule has 1 heterocycles. The second-order valence-corrected chi connectivity index (χ2v) is 6.51. The largest absolute Gasteiger partial charge is 0.342 e. The summed E-state index contributed by atoms with van der Waals surface area (Å²) in [7, 11) is 0. The molecule has 1 unspecified atom stereocenters. The van der Waals surface area contributed by atoms with Crippen LogP contribution in [-0.4, -0.2) is 41.9 Å². The van der Waals surface area contributed by atoms with Gasteiger partial charge < -0.3 is 10.6 Å². The van der Waals surface area contributed by atoms with Crippen molar-refractivity contribution in [3.05, 3.63) is 0 Å². The van der Waals surface area contributed by atoms with Gasteiger partial charge in [-0.05, 0) is 37.0 Å². The van der Waals surface area contributed by atoms with Crippen LogP contribution in [0.3, 0.4) is 0 Å². The first-order valence-corrected chi connectivity index (χ1v) is 7.84. The van der Waals surface area contributed by atoms with Gasteiger partial charge in [-0.2, -0.15) is 11.8 Å². The van der Waals surface area contributed by atoms with Gasteiger partial charge in [-0.25, -0.2) is 0 Å². The van der Waals surface area contributed by atoms with Crippen LogP contribution in [0.25, 0.3) is 0 Å². The number of hydrogen-bond acceptors (Lipinski definition) is 3. The van der Waals surface area contributed by atoms with Gasteiger partial charge in [0.15, 0.2) is 0 Å². The van der Waals surface area contributed by atoms with Crippen molar-refractivity contribution in [1.82, 2.24) is 4.90 Å². The molecule has 0 radical (unpaired) electrons. The molecule has 0 aliphatic carbocycles. The van der Waals surface area contributed by atoms with Gasteiger partial charge in [0.25, 0.3) is 0 Å². The third kappa shape index (κ3) is 5.77. The molecule has 0 aromatic heterocycles. The number of nitrogens with two attached hydrogens (primary N) is 1. The van der Waals surface area contributed by atoms with Crippen molar-refractivity contribution in [2.75, 3.05) is 31.1 Å². The number of carbonyl (C=O) groups excluding carboxylic acids is 1. The summed E-state index contributed by atoms with van der Waals surface area (Å²) < 4.78 is 0. The van der Waals surface area contributed by atoms with Crippen molar-refractivity contribution in [1.29, 1.82) is 0 Å². The van der Waals surface area contributed by atoms with Crippen LogP contribution >= 0.6 is 11.8 Å². The lowest BCUT2D eigenvalue weighted by Gasteiger charge is -2.23. The maximum absolute atomic E-state index is 12.2. The highest BCUT2D eigenvalue weighted by atomic mass is 32.2. The second-order valence-electron chi connectivity index (χ2n) is 5.28. The molecular weight excluding hydrogens is 232 g/mol. The minimum Gasteiger partial charge on any atom is -0.342 e. The van der Waals surface area contributed by atoms with Gasteiger partial charge in [-0.1, -0.05) is 13.8 Å². The maximum atomic E-state index is 12.2. The van der Waals surface area contributed by atoms with Gasteiger partial charge in [0.1, 0.15) is 0 Å². The first-order valence-electron chi connectivity index (χ1n) is 6.69. The van der Waals surface area contributed by atoms with E-state index in [1.54, 1.807) is 0 Å². The van der Waals surface area contributed by atoms with E-state index in [4.69, 9.17) is 5.73 Å². The van der Waals surface area contributed by atoms with Crippen molar-refractivity contribution >= 4 is 17.7 Å². The normalized spacial score (nSPS) is 19.2. The summed E-state index contributed by atoms with van der Waals surface area (Å²) in [5.74, 6) is 3.57. The zero-order chi connectivity index (χ0) is 12.7. The lowest BCUT2D eigenvalue weighted by molar-refractivity contribution is -0.132. The van der Waals surface area contributed by atoms with Gasteiger partial charge in [-0.3, -0.25) is 4.79 Å². The highest BCUT2D eigenvalue weighted by Crippen LogP contribution is 2.17. The van der Waals surface area contributed by atoms with Crippen molar-refractivity contribution < 1.29 is 4.79 Å². The molecule has 1 atom stereocenters. The van der Waals surface area contributed by atoms with Gasteiger partial charge in [-0.15, -0.1) is 0 Å². The molecule has 2 N–H and O–H groups in total. The van der Waals surface area contributed by atoms with Crippen molar-refractivity contribution in [2.24, 2.45) is 17.6 Å². The van der Waals surface area contributed by atoms with Crippen LogP contribution in [0, 0.1) is 11.8 Å². The van der Waals surface area contributed by atoms with Crippen molar-refractivity contribution in [3.8, 4) is 0 Å². The molecule has 4 heteroatoms. The molecule has 3 nitrogen and oxygen atoms in total. The molecular formula is C13H26N2OS. The molecule has 0 spiro atoms. The molecule has 17 heavy (non-hydrogen) atoms. The van der Waals surface area contributed by atoms with Crippen LogP contribution in [0.2, 0.25) is 0 Å². The third-order valence-corrected chi connectivity index (χ3v) is 4.22. The van der Waals surface area contributed by atoms with Crippen LogP contribution in [0.4, 0.5) is 0 Å². The van der Waals surface area contributed by atoms with Crippen LogP contribution in [0.15, 0.2) is 0 Å². The lowest BCUT2D eigenvalue weighted by Crippen LogP contribution is -2.35.